The zero-order valence-electron chi connectivity index (χ0n) is 19.8. The first-order chi connectivity index (χ1) is 16.1. The van der Waals surface area contributed by atoms with E-state index in [1.807, 2.05) is 35.2 Å². The molecule has 0 spiro atoms. The van der Waals surface area contributed by atoms with Crippen LogP contribution in [0, 0.1) is 0 Å². The van der Waals surface area contributed by atoms with Crippen molar-refractivity contribution in [3.63, 3.8) is 0 Å². The lowest BCUT2D eigenvalue weighted by Gasteiger charge is -2.20. The number of benzene rings is 2. The number of anilines is 2. The van der Waals surface area contributed by atoms with Crippen molar-refractivity contribution >= 4 is 17.4 Å². The number of urea groups is 1. The highest BCUT2D eigenvalue weighted by Crippen LogP contribution is 2.34. The van der Waals surface area contributed by atoms with Crippen molar-refractivity contribution < 1.29 is 23.7 Å². The van der Waals surface area contributed by atoms with Crippen LogP contribution < -0.4 is 34.9 Å². The van der Waals surface area contributed by atoms with Gasteiger partial charge in [0.05, 0.1) is 28.4 Å². The molecule has 0 atom stereocenters. The van der Waals surface area contributed by atoms with E-state index in [0.29, 0.717) is 36.1 Å². The topological polar surface area (TPSA) is 93.3 Å². The van der Waals surface area contributed by atoms with Gasteiger partial charge in [-0.15, -0.1) is 0 Å². The van der Waals surface area contributed by atoms with Crippen LogP contribution in [0.15, 0.2) is 30.3 Å². The normalized spacial score (nSPS) is 13.0. The van der Waals surface area contributed by atoms with Crippen LogP contribution in [0.5, 0.6) is 23.0 Å². The van der Waals surface area contributed by atoms with E-state index in [1.54, 1.807) is 28.4 Å². The number of hydrogen-bond acceptors (Lipinski definition) is 7. The monoisotopic (exact) mass is 458 g/mol. The van der Waals surface area contributed by atoms with Gasteiger partial charge in [0.1, 0.15) is 0 Å². The van der Waals surface area contributed by atoms with E-state index in [-0.39, 0.29) is 6.03 Å². The molecule has 0 aromatic heterocycles. The number of fused-ring (bicyclic) bond motifs is 1. The molecule has 0 fully saturated rings. The Hall–Kier alpha value is -3.33. The minimum atomic E-state index is -0.0870. The zero-order valence-corrected chi connectivity index (χ0v) is 19.8. The van der Waals surface area contributed by atoms with Crippen molar-refractivity contribution in [2.24, 2.45) is 0 Å². The Morgan fingerprint density at radius 1 is 0.879 bits per heavy atom. The number of hydrogen-bond donors (Lipinski definition) is 3. The number of rotatable bonds is 12. The van der Waals surface area contributed by atoms with Crippen molar-refractivity contribution in [1.82, 2.24) is 10.2 Å². The van der Waals surface area contributed by atoms with Crippen LogP contribution in [0.3, 0.4) is 0 Å². The second-order valence-electron chi connectivity index (χ2n) is 7.63. The first-order valence-electron chi connectivity index (χ1n) is 11.1. The third-order valence-corrected chi connectivity index (χ3v) is 5.59. The van der Waals surface area contributed by atoms with Crippen molar-refractivity contribution in [3.05, 3.63) is 35.9 Å². The fourth-order valence-corrected chi connectivity index (χ4v) is 3.77. The van der Waals surface area contributed by atoms with Gasteiger partial charge in [-0.2, -0.15) is 0 Å². The molecule has 2 aromatic carbocycles. The molecular weight excluding hydrogens is 424 g/mol. The largest absolute Gasteiger partial charge is 0.493 e. The van der Waals surface area contributed by atoms with Crippen molar-refractivity contribution in [3.8, 4) is 23.0 Å². The Balaban J connectivity index is 1.38. The Morgan fingerprint density at radius 2 is 1.58 bits per heavy atom. The smallest absolute Gasteiger partial charge is 0.321 e. The van der Waals surface area contributed by atoms with Crippen LogP contribution in [0.1, 0.15) is 12.0 Å². The van der Waals surface area contributed by atoms with Gasteiger partial charge in [0.15, 0.2) is 23.0 Å². The second-order valence-corrected chi connectivity index (χ2v) is 7.63. The van der Waals surface area contributed by atoms with Crippen LogP contribution in [0.25, 0.3) is 0 Å². The van der Waals surface area contributed by atoms with Crippen LogP contribution in [-0.2, 0) is 6.42 Å². The maximum atomic E-state index is 12.6. The lowest BCUT2D eigenvalue weighted by Crippen LogP contribution is -2.36. The standard InChI is InChI=1S/C24H34N4O5/c1-30-20-7-6-18(15-22(20)32-3)26-11-10-25-9-5-12-28-13-8-17-14-21(31-2)23(33-4)16-19(17)27-24(28)29/h6-7,14-16,25-26H,5,8-13H2,1-4H3,(H,27,29). The third-order valence-electron chi connectivity index (χ3n) is 5.59. The van der Waals surface area contributed by atoms with Crippen LogP contribution in [-0.4, -0.2) is 72.1 Å². The molecule has 180 valence electrons. The molecule has 33 heavy (non-hydrogen) atoms. The Morgan fingerprint density at radius 3 is 2.30 bits per heavy atom. The summed E-state index contributed by atoms with van der Waals surface area (Å²) in [6.07, 6.45) is 1.63. The van der Waals surface area contributed by atoms with E-state index in [2.05, 4.69) is 16.0 Å². The average Bonchev–Trinajstić information content (AvgIpc) is 2.99. The molecule has 0 aliphatic carbocycles. The van der Waals surface area contributed by atoms with Gasteiger partial charge in [-0.25, -0.2) is 4.79 Å². The first kappa shape index (κ1) is 24.3. The highest BCUT2D eigenvalue weighted by Gasteiger charge is 2.21. The Labute approximate surface area is 195 Å². The van der Waals surface area contributed by atoms with Gasteiger partial charge < -0.3 is 39.8 Å². The molecule has 0 unspecified atom stereocenters. The molecular formula is C24H34N4O5. The lowest BCUT2D eigenvalue weighted by molar-refractivity contribution is 0.212. The summed E-state index contributed by atoms with van der Waals surface area (Å²) in [7, 11) is 6.45. The third kappa shape index (κ3) is 6.35. The fourth-order valence-electron chi connectivity index (χ4n) is 3.77. The zero-order chi connectivity index (χ0) is 23.6. The average molecular weight is 459 g/mol. The number of nitrogens with one attached hydrogen (secondary N) is 3. The quantitative estimate of drug-likeness (QED) is 0.421. The molecule has 0 saturated heterocycles. The predicted octanol–water partition coefficient (Wildman–Crippen LogP) is 3.20. The predicted molar refractivity (Wildman–Crippen MR) is 129 cm³/mol. The van der Waals surface area contributed by atoms with Crippen LogP contribution in [0.2, 0.25) is 0 Å². The van der Waals surface area contributed by atoms with Gasteiger partial charge >= 0.3 is 6.03 Å². The number of methoxy groups -OCH3 is 4. The van der Waals surface area contributed by atoms with Crippen molar-refractivity contribution in [1.29, 1.82) is 0 Å². The number of carbonyl (C=O) groups excluding carboxylic acids is 1. The van der Waals surface area contributed by atoms with E-state index in [1.165, 1.54) is 0 Å². The second kappa shape index (κ2) is 12.1. The van der Waals surface area contributed by atoms with Gasteiger partial charge in [0.2, 0.25) is 0 Å². The summed E-state index contributed by atoms with van der Waals surface area (Å²) in [6.45, 7) is 3.76. The Kier molecular flexibility index (Phi) is 8.88. The highest BCUT2D eigenvalue weighted by atomic mass is 16.5. The summed E-state index contributed by atoms with van der Waals surface area (Å²) in [5, 5.41) is 9.77. The van der Waals surface area contributed by atoms with E-state index in [0.717, 1.165) is 49.4 Å². The minimum absolute atomic E-state index is 0.0870. The van der Waals surface area contributed by atoms with Gasteiger partial charge in [-0.1, -0.05) is 0 Å². The summed E-state index contributed by atoms with van der Waals surface area (Å²) in [5.41, 5.74) is 2.80. The molecule has 0 bridgehead atoms. The molecule has 1 aliphatic rings. The fraction of sp³-hybridized carbons (Fsp3) is 0.458. The molecule has 2 aromatic rings. The van der Waals surface area contributed by atoms with Crippen molar-refractivity contribution in [2.45, 2.75) is 12.8 Å². The van der Waals surface area contributed by atoms with E-state index in [4.69, 9.17) is 18.9 Å². The van der Waals surface area contributed by atoms with Gasteiger partial charge in [-0.05, 0) is 43.1 Å². The molecule has 1 heterocycles. The molecule has 1 aliphatic heterocycles. The van der Waals surface area contributed by atoms with E-state index in [9.17, 15) is 4.79 Å². The molecule has 3 rings (SSSR count). The SMILES string of the molecule is COc1ccc(NCCNCCCN2CCc3cc(OC)c(OC)cc3NC2=O)cc1OC. The lowest BCUT2D eigenvalue weighted by atomic mass is 10.1. The molecule has 9 nitrogen and oxygen atoms in total. The molecule has 0 saturated carbocycles. The summed E-state index contributed by atoms with van der Waals surface area (Å²) >= 11 is 0. The highest BCUT2D eigenvalue weighted by molar-refractivity contribution is 5.91. The summed E-state index contributed by atoms with van der Waals surface area (Å²) in [5.74, 6) is 2.69. The summed E-state index contributed by atoms with van der Waals surface area (Å²) < 4.78 is 21.3. The number of nitrogens with zero attached hydrogens (tertiary/aromatic N) is 1. The van der Waals surface area contributed by atoms with E-state index < -0.39 is 0 Å². The number of ether oxygens (including phenoxy) is 4. The first-order valence-corrected chi connectivity index (χ1v) is 11.1. The number of carbonyl (C=O) groups is 1. The number of amides is 2. The maximum Gasteiger partial charge on any atom is 0.321 e. The Bertz CT molecular complexity index is 937. The van der Waals surface area contributed by atoms with Crippen LogP contribution in [0.4, 0.5) is 16.2 Å². The van der Waals surface area contributed by atoms with E-state index >= 15 is 0 Å². The van der Waals surface area contributed by atoms with Gasteiger partial charge in [0, 0.05) is 49.7 Å². The molecule has 2 amide bonds. The molecule has 0 radical (unpaired) electrons. The maximum absolute atomic E-state index is 12.6. The molecule has 3 N–H and O–H groups in total. The molecule has 9 heteroatoms. The summed E-state index contributed by atoms with van der Waals surface area (Å²) in [6, 6.07) is 9.43. The van der Waals surface area contributed by atoms with Crippen molar-refractivity contribution in [2.75, 3.05) is 71.8 Å². The van der Waals surface area contributed by atoms with Gasteiger partial charge in [0.25, 0.3) is 0 Å². The minimum Gasteiger partial charge on any atom is -0.493 e. The van der Waals surface area contributed by atoms with Crippen LogP contribution >= 0.6 is 0 Å². The van der Waals surface area contributed by atoms with Gasteiger partial charge in [-0.3, -0.25) is 0 Å². The summed E-state index contributed by atoms with van der Waals surface area (Å²) in [4.78, 5) is 14.5.